The predicted molar refractivity (Wildman–Crippen MR) is 114 cm³/mol. The number of aliphatic imine (C=N–C) groups is 1. The lowest BCUT2D eigenvalue weighted by atomic mass is 10.2. The van der Waals surface area contributed by atoms with E-state index in [1.165, 1.54) is 38.9 Å². The van der Waals surface area contributed by atoms with Gasteiger partial charge in [0.05, 0.1) is 27.9 Å². The number of ether oxygens (including phenoxy) is 3. The summed E-state index contributed by atoms with van der Waals surface area (Å²) in [7, 11) is 4.85. The number of unbranched alkanes of at least 4 members (excludes halogenated alkanes) is 1. The van der Waals surface area contributed by atoms with Crippen LogP contribution in [0.1, 0.15) is 38.2 Å². The van der Waals surface area contributed by atoms with E-state index < -0.39 is 0 Å². The Hall–Kier alpha value is -2.15. The Morgan fingerprint density at radius 1 is 1.00 bits per heavy atom. The maximum Gasteiger partial charge on any atom is 0.203 e. The van der Waals surface area contributed by atoms with Crippen molar-refractivity contribution >= 4 is 5.96 Å². The number of likely N-dealkylation sites (tertiary alicyclic amines) is 1. The van der Waals surface area contributed by atoms with E-state index in [2.05, 4.69) is 22.5 Å². The van der Waals surface area contributed by atoms with Gasteiger partial charge in [0.15, 0.2) is 17.5 Å². The summed E-state index contributed by atoms with van der Waals surface area (Å²) in [5.41, 5.74) is 1.00. The summed E-state index contributed by atoms with van der Waals surface area (Å²) in [4.78, 5) is 7.26. The molecule has 0 unspecified atom stereocenters. The van der Waals surface area contributed by atoms with Gasteiger partial charge >= 0.3 is 0 Å². The zero-order valence-corrected chi connectivity index (χ0v) is 17.8. The van der Waals surface area contributed by atoms with Crippen LogP contribution >= 0.6 is 0 Å². The minimum Gasteiger partial charge on any atom is -0.493 e. The molecule has 0 amide bonds. The number of hydrogen-bond acceptors (Lipinski definition) is 5. The zero-order valence-electron chi connectivity index (χ0n) is 17.8. The van der Waals surface area contributed by atoms with E-state index in [0.717, 1.165) is 31.0 Å². The molecule has 2 N–H and O–H groups in total. The van der Waals surface area contributed by atoms with Gasteiger partial charge in [0.25, 0.3) is 0 Å². The van der Waals surface area contributed by atoms with Gasteiger partial charge in [0, 0.05) is 13.1 Å². The number of methoxy groups -OCH3 is 3. The fourth-order valence-electron chi connectivity index (χ4n) is 3.41. The first-order chi connectivity index (χ1) is 13.7. The maximum absolute atomic E-state index is 5.42. The van der Waals surface area contributed by atoms with E-state index >= 15 is 0 Å². The highest BCUT2D eigenvalue weighted by Crippen LogP contribution is 2.38. The van der Waals surface area contributed by atoms with Crippen molar-refractivity contribution in [2.24, 2.45) is 4.99 Å². The normalized spacial score (nSPS) is 14.8. The molecule has 0 aliphatic carbocycles. The highest BCUT2D eigenvalue weighted by Gasteiger charge is 2.13. The van der Waals surface area contributed by atoms with E-state index in [4.69, 9.17) is 19.2 Å². The van der Waals surface area contributed by atoms with E-state index in [9.17, 15) is 0 Å². The van der Waals surface area contributed by atoms with Crippen LogP contribution in [0.3, 0.4) is 0 Å². The van der Waals surface area contributed by atoms with Crippen LogP contribution in [0.4, 0.5) is 0 Å². The first-order valence-electron chi connectivity index (χ1n) is 10.2. The number of benzene rings is 1. The van der Waals surface area contributed by atoms with Gasteiger partial charge < -0.3 is 29.7 Å². The van der Waals surface area contributed by atoms with E-state index in [-0.39, 0.29) is 0 Å². The Morgan fingerprint density at radius 3 is 2.25 bits per heavy atom. The molecule has 1 saturated heterocycles. The molecule has 1 aromatic rings. The Morgan fingerprint density at radius 2 is 1.68 bits per heavy atom. The number of rotatable bonds is 11. The molecule has 1 aliphatic rings. The second kappa shape index (κ2) is 12.3. The minimum absolute atomic E-state index is 0.528. The molecule has 0 aromatic heterocycles. The third-order valence-electron chi connectivity index (χ3n) is 4.88. The van der Waals surface area contributed by atoms with Gasteiger partial charge in [-0.3, -0.25) is 0 Å². The summed E-state index contributed by atoms with van der Waals surface area (Å²) < 4.78 is 16.2. The summed E-state index contributed by atoms with van der Waals surface area (Å²) in [6.07, 6.45) is 5.08. The van der Waals surface area contributed by atoms with Crippen molar-refractivity contribution in [3.63, 3.8) is 0 Å². The molecule has 7 nitrogen and oxygen atoms in total. The molecule has 28 heavy (non-hydrogen) atoms. The first kappa shape index (κ1) is 22.1. The summed E-state index contributed by atoms with van der Waals surface area (Å²) in [6, 6.07) is 3.87. The second-order valence-electron chi connectivity index (χ2n) is 6.91. The summed E-state index contributed by atoms with van der Waals surface area (Å²) in [5, 5.41) is 6.74. The van der Waals surface area contributed by atoms with Gasteiger partial charge in [-0.1, -0.05) is 0 Å². The predicted octanol–water partition coefficient (Wildman–Crippen LogP) is 2.64. The molecular formula is C21H36N4O3. The van der Waals surface area contributed by atoms with Crippen LogP contribution in [-0.4, -0.2) is 64.9 Å². The number of nitrogens with one attached hydrogen (secondary N) is 2. The molecule has 1 aliphatic heterocycles. The lowest BCUT2D eigenvalue weighted by Crippen LogP contribution is -2.38. The third kappa shape index (κ3) is 6.78. The molecule has 1 fully saturated rings. The highest BCUT2D eigenvalue weighted by atomic mass is 16.5. The molecule has 1 heterocycles. The molecular weight excluding hydrogens is 356 g/mol. The molecule has 0 spiro atoms. The largest absolute Gasteiger partial charge is 0.493 e. The first-order valence-corrected chi connectivity index (χ1v) is 10.2. The number of hydrogen-bond donors (Lipinski definition) is 2. The smallest absolute Gasteiger partial charge is 0.203 e. The average Bonchev–Trinajstić information content (AvgIpc) is 3.24. The van der Waals surface area contributed by atoms with Crippen LogP contribution in [0.25, 0.3) is 0 Å². The SMILES string of the molecule is CCNC(=NCc1cc(OC)c(OC)c(OC)c1)NCCCCN1CCCC1. The Kier molecular flexibility index (Phi) is 9.76. The second-order valence-corrected chi connectivity index (χ2v) is 6.91. The minimum atomic E-state index is 0.528. The van der Waals surface area contributed by atoms with E-state index in [0.29, 0.717) is 23.8 Å². The number of nitrogens with zero attached hydrogens (tertiary/aromatic N) is 2. The molecule has 158 valence electrons. The van der Waals surface area contributed by atoms with Crippen LogP contribution in [0.2, 0.25) is 0 Å². The van der Waals surface area contributed by atoms with Crippen molar-refractivity contribution in [2.75, 3.05) is 54.1 Å². The third-order valence-corrected chi connectivity index (χ3v) is 4.88. The Bertz CT molecular complexity index is 591. The summed E-state index contributed by atoms with van der Waals surface area (Å²) in [5.74, 6) is 2.72. The molecule has 7 heteroatoms. The van der Waals surface area contributed by atoms with Crippen LogP contribution < -0.4 is 24.8 Å². The summed E-state index contributed by atoms with van der Waals surface area (Å²) in [6.45, 7) is 8.10. The lowest BCUT2D eigenvalue weighted by Gasteiger charge is -2.15. The molecule has 2 rings (SSSR count). The van der Waals surface area contributed by atoms with Crippen molar-refractivity contribution in [3.05, 3.63) is 17.7 Å². The summed E-state index contributed by atoms with van der Waals surface area (Å²) >= 11 is 0. The van der Waals surface area contributed by atoms with Gasteiger partial charge in [0.1, 0.15) is 0 Å². The quantitative estimate of drug-likeness (QED) is 0.343. The van der Waals surface area contributed by atoms with E-state index in [1.54, 1.807) is 21.3 Å². The standard InChI is InChI=1S/C21H36N4O3/c1-5-22-21(23-10-6-7-11-25-12-8-9-13-25)24-16-17-14-18(26-2)20(28-4)19(15-17)27-3/h14-15H,5-13,16H2,1-4H3,(H2,22,23,24). The van der Waals surface area contributed by atoms with Crippen LogP contribution in [0, 0.1) is 0 Å². The van der Waals surface area contributed by atoms with Crippen LogP contribution in [0.15, 0.2) is 17.1 Å². The molecule has 0 atom stereocenters. The van der Waals surface area contributed by atoms with Gasteiger partial charge in [-0.05, 0) is 69.9 Å². The fraction of sp³-hybridized carbons (Fsp3) is 0.667. The number of guanidine groups is 1. The molecule has 1 aromatic carbocycles. The average molecular weight is 393 g/mol. The van der Waals surface area contributed by atoms with Gasteiger partial charge in [-0.25, -0.2) is 4.99 Å². The lowest BCUT2D eigenvalue weighted by molar-refractivity contribution is 0.324. The van der Waals surface area contributed by atoms with Crippen LogP contribution in [0.5, 0.6) is 17.2 Å². The van der Waals surface area contributed by atoms with Gasteiger partial charge in [0.2, 0.25) is 5.75 Å². The van der Waals surface area contributed by atoms with Crippen molar-refractivity contribution in [1.29, 1.82) is 0 Å². The monoisotopic (exact) mass is 392 g/mol. The maximum atomic E-state index is 5.42. The van der Waals surface area contributed by atoms with Crippen molar-refractivity contribution in [2.45, 2.75) is 39.2 Å². The zero-order chi connectivity index (χ0) is 20.2. The van der Waals surface area contributed by atoms with E-state index in [1.807, 2.05) is 12.1 Å². The van der Waals surface area contributed by atoms with Crippen molar-refractivity contribution < 1.29 is 14.2 Å². The highest BCUT2D eigenvalue weighted by molar-refractivity contribution is 5.79. The Balaban J connectivity index is 1.88. The fourth-order valence-corrected chi connectivity index (χ4v) is 3.41. The molecule has 0 radical (unpaired) electrons. The topological polar surface area (TPSA) is 67.4 Å². The molecule has 0 bridgehead atoms. The van der Waals surface area contributed by atoms with Crippen molar-refractivity contribution in [1.82, 2.24) is 15.5 Å². The van der Waals surface area contributed by atoms with Crippen LogP contribution in [-0.2, 0) is 6.54 Å². The Labute approximate surface area is 169 Å². The van der Waals surface area contributed by atoms with Gasteiger partial charge in [-0.2, -0.15) is 0 Å². The van der Waals surface area contributed by atoms with Crippen molar-refractivity contribution in [3.8, 4) is 17.2 Å². The van der Waals surface area contributed by atoms with Gasteiger partial charge in [-0.15, -0.1) is 0 Å². The molecule has 0 saturated carbocycles.